The van der Waals surface area contributed by atoms with Crippen molar-refractivity contribution in [2.24, 2.45) is 0 Å². The molecule has 0 aliphatic rings. The second-order valence-corrected chi connectivity index (χ2v) is 3.86. The highest BCUT2D eigenvalue weighted by Gasteiger charge is 2.04. The average molecular weight is 208 g/mol. The minimum absolute atomic E-state index is 0.0289. The van der Waals surface area contributed by atoms with Crippen molar-refractivity contribution >= 4 is 11.5 Å². The molecule has 1 N–H and O–H groups in total. The number of hydrogen-bond acceptors (Lipinski definition) is 3. The molecule has 4 nitrogen and oxygen atoms in total. The van der Waals surface area contributed by atoms with Crippen LogP contribution in [0.2, 0.25) is 0 Å². The van der Waals surface area contributed by atoms with Crippen LogP contribution in [0.5, 0.6) is 0 Å². The number of nitrogens with one attached hydrogen (secondary N) is 1. The van der Waals surface area contributed by atoms with Crippen LogP contribution in [0.25, 0.3) is 0 Å². The molecule has 1 aromatic heterocycles. The summed E-state index contributed by atoms with van der Waals surface area (Å²) in [6, 6.07) is 3.68. The van der Waals surface area contributed by atoms with Gasteiger partial charge < -0.3 is 9.88 Å². The first kappa shape index (κ1) is 11.5. The molecule has 1 rings (SSSR count). The highest BCUT2D eigenvalue weighted by molar-refractivity contribution is 5.75. The summed E-state index contributed by atoms with van der Waals surface area (Å²) in [5, 5.41) is 3.04. The molecule has 1 aromatic rings. The molecule has 0 aromatic carbocycles. The number of ketones is 1. The Bertz CT molecular complexity index is 407. The van der Waals surface area contributed by atoms with Gasteiger partial charge in [0.2, 0.25) is 0 Å². The van der Waals surface area contributed by atoms with E-state index >= 15 is 0 Å². The SMILES string of the molecule is CC(=O)Cn1cccc(NC(C)C)c1=O. The molecule has 0 aliphatic heterocycles. The fourth-order valence-corrected chi connectivity index (χ4v) is 1.32. The number of rotatable bonds is 4. The van der Waals surface area contributed by atoms with E-state index in [0.717, 1.165) is 0 Å². The van der Waals surface area contributed by atoms with Gasteiger partial charge in [0.1, 0.15) is 11.5 Å². The number of aromatic nitrogens is 1. The molecule has 0 radical (unpaired) electrons. The summed E-state index contributed by atoms with van der Waals surface area (Å²) in [6.45, 7) is 5.52. The summed E-state index contributed by atoms with van der Waals surface area (Å²) >= 11 is 0. The van der Waals surface area contributed by atoms with Crippen molar-refractivity contribution in [3.8, 4) is 0 Å². The van der Waals surface area contributed by atoms with Crippen LogP contribution in [0.15, 0.2) is 23.1 Å². The van der Waals surface area contributed by atoms with Crippen molar-refractivity contribution in [1.82, 2.24) is 4.57 Å². The average Bonchev–Trinajstić information content (AvgIpc) is 2.10. The van der Waals surface area contributed by atoms with Gasteiger partial charge in [-0.15, -0.1) is 0 Å². The predicted molar refractivity (Wildman–Crippen MR) is 60.1 cm³/mol. The molecule has 0 bridgehead atoms. The van der Waals surface area contributed by atoms with Crippen LogP contribution in [-0.2, 0) is 11.3 Å². The van der Waals surface area contributed by atoms with Crippen molar-refractivity contribution in [1.29, 1.82) is 0 Å². The number of nitrogens with zero attached hydrogens (tertiary/aromatic N) is 1. The minimum Gasteiger partial charge on any atom is -0.378 e. The van der Waals surface area contributed by atoms with Gasteiger partial charge in [-0.25, -0.2) is 0 Å². The van der Waals surface area contributed by atoms with E-state index in [9.17, 15) is 9.59 Å². The van der Waals surface area contributed by atoms with Crippen LogP contribution in [0.3, 0.4) is 0 Å². The fraction of sp³-hybridized carbons (Fsp3) is 0.455. The lowest BCUT2D eigenvalue weighted by molar-refractivity contribution is -0.117. The number of carbonyl (C=O) groups excluding carboxylic acids is 1. The maximum absolute atomic E-state index is 11.8. The molecule has 0 atom stereocenters. The summed E-state index contributed by atoms with van der Waals surface area (Å²) in [7, 11) is 0. The Balaban J connectivity index is 3.00. The quantitative estimate of drug-likeness (QED) is 0.810. The highest BCUT2D eigenvalue weighted by atomic mass is 16.1. The Kier molecular flexibility index (Phi) is 3.66. The van der Waals surface area contributed by atoms with Crippen LogP contribution in [-0.4, -0.2) is 16.4 Å². The van der Waals surface area contributed by atoms with Gasteiger partial charge >= 0.3 is 0 Å². The molecule has 0 amide bonds. The molecule has 0 spiro atoms. The lowest BCUT2D eigenvalue weighted by Crippen LogP contribution is -2.27. The summed E-state index contributed by atoms with van der Waals surface area (Å²) in [6.07, 6.45) is 1.62. The Morgan fingerprint density at radius 1 is 1.53 bits per heavy atom. The van der Waals surface area contributed by atoms with Crippen LogP contribution in [0, 0.1) is 0 Å². The first-order chi connectivity index (χ1) is 7.00. The fourth-order valence-electron chi connectivity index (χ4n) is 1.32. The van der Waals surface area contributed by atoms with Crippen LogP contribution in [0.4, 0.5) is 5.69 Å². The number of hydrogen-bond donors (Lipinski definition) is 1. The summed E-state index contributed by atoms with van der Waals surface area (Å²) < 4.78 is 1.41. The Morgan fingerprint density at radius 3 is 2.73 bits per heavy atom. The van der Waals surface area contributed by atoms with Gasteiger partial charge in [0.15, 0.2) is 0 Å². The second-order valence-electron chi connectivity index (χ2n) is 3.86. The predicted octanol–water partition coefficient (Wildman–Crippen LogP) is 1.26. The highest BCUT2D eigenvalue weighted by Crippen LogP contribution is 2.00. The number of pyridine rings is 1. The van der Waals surface area contributed by atoms with Gasteiger partial charge in [-0.3, -0.25) is 9.59 Å². The van der Waals surface area contributed by atoms with Crippen molar-refractivity contribution in [2.75, 3.05) is 5.32 Å². The zero-order chi connectivity index (χ0) is 11.4. The standard InChI is InChI=1S/C11H16N2O2/c1-8(2)12-10-5-4-6-13(11(10)15)7-9(3)14/h4-6,8,12H,7H2,1-3H3. The third-order valence-corrected chi connectivity index (χ3v) is 1.86. The van der Waals surface area contributed by atoms with Crippen molar-refractivity contribution < 1.29 is 4.79 Å². The van der Waals surface area contributed by atoms with Crippen molar-refractivity contribution in [2.45, 2.75) is 33.4 Å². The first-order valence-electron chi connectivity index (χ1n) is 4.96. The molecule has 82 valence electrons. The smallest absolute Gasteiger partial charge is 0.274 e. The van der Waals surface area contributed by atoms with Gasteiger partial charge in [0.05, 0.1) is 6.54 Å². The molecule has 0 saturated heterocycles. The zero-order valence-electron chi connectivity index (χ0n) is 9.28. The molecule has 0 saturated carbocycles. The number of anilines is 1. The third kappa shape index (κ3) is 3.23. The largest absolute Gasteiger partial charge is 0.378 e. The van der Waals surface area contributed by atoms with E-state index in [2.05, 4.69) is 5.32 Å². The zero-order valence-corrected chi connectivity index (χ0v) is 9.28. The van der Waals surface area contributed by atoms with Gasteiger partial charge in [0, 0.05) is 12.2 Å². The Labute approximate surface area is 88.9 Å². The third-order valence-electron chi connectivity index (χ3n) is 1.86. The van der Waals surface area contributed by atoms with E-state index in [1.54, 1.807) is 18.3 Å². The van der Waals surface area contributed by atoms with Crippen LogP contribution < -0.4 is 10.9 Å². The van der Waals surface area contributed by atoms with Crippen LogP contribution in [0.1, 0.15) is 20.8 Å². The molecular weight excluding hydrogens is 192 g/mol. The van der Waals surface area contributed by atoms with E-state index in [-0.39, 0.29) is 23.9 Å². The van der Waals surface area contributed by atoms with E-state index in [1.165, 1.54) is 11.5 Å². The first-order valence-corrected chi connectivity index (χ1v) is 4.96. The minimum atomic E-state index is -0.151. The summed E-state index contributed by atoms with van der Waals surface area (Å²) in [5.41, 5.74) is 0.384. The van der Waals surface area contributed by atoms with Gasteiger partial charge in [-0.05, 0) is 32.9 Å². The summed E-state index contributed by atoms with van der Waals surface area (Å²) in [4.78, 5) is 22.7. The lowest BCUT2D eigenvalue weighted by Gasteiger charge is -2.10. The molecule has 4 heteroatoms. The topological polar surface area (TPSA) is 51.1 Å². The van der Waals surface area contributed by atoms with E-state index in [0.29, 0.717) is 5.69 Å². The number of carbonyl (C=O) groups is 1. The van der Waals surface area contributed by atoms with Crippen molar-refractivity contribution in [3.05, 3.63) is 28.7 Å². The molecule has 15 heavy (non-hydrogen) atoms. The number of Topliss-reactive ketones (excluding diaryl/α,β-unsaturated/α-hetero) is 1. The van der Waals surface area contributed by atoms with E-state index in [4.69, 9.17) is 0 Å². The molecule has 0 aliphatic carbocycles. The monoisotopic (exact) mass is 208 g/mol. The Morgan fingerprint density at radius 2 is 2.20 bits per heavy atom. The molecule has 0 unspecified atom stereocenters. The van der Waals surface area contributed by atoms with Gasteiger partial charge in [-0.2, -0.15) is 0 Å². The van der Waals surface area contributed by atoms with Crippen LogP contribution >= 0.6 is 0 Å². The van der Waals surface area contributed by atoms with Gasteiger partial charge in [0.25, 0.3) is 5.56 Å². The van der Waals surface area contributed by atoms with E-state index in [1.807, 2.05) is 13.8 Å². The second kappa shape index (κ2) is 4.77. The lowest BCUT2D eigenvalue weighted by atomic mass is 10.3. The summed E-state index contributed by atoms with van der Waals surface area (Å²) in [5.74, 6) is -0.0289. The maximum Gasteiger partial charge on any atom is 0.274 e. The molecule has 1 heterocycles. The maximum atomic E-state index is 11.8. The normalized spacial score (nSPS) is 10.4. The Hall–Kier alpha value is -1.58. The molecular formula is C11H16N2O2. The van der Waals surface area contributed by atoms with Crippen molar-refractivity contribution in [3.63, 3.8) is 0 Å². The van der Waals surface area contributed by atoms with Gasteiger partial charge in [-0.1, -0.05) is 0 Å². The van der Waals surface area contributed by atoms with E-state index < -0.39 is 0 Å². The molecule has 0 fully saturated rings.